The molecule has 0 radical (unpaired) electrons. The van der Waals surface area contributed by atoms with Crippen LogP contribution in [0, 0.1) is 0 Å². The van der Waals surface area contributed by atoms with E-state index in [-0.39, 0.29) is 17.6 Å². The fourth-order valence-electron chi connectivity index (χ4n) is 2.06. The number of esters is 1. The number of ether oxygens (including phenoxy) is 1. The van der Waals surface area contributed by atoms with Crippen molar-refractivity contribution >= 4 is 5.97 Å². The van der Waals surface area contributed by atoms with Crippen molar-refractivity contribution in [2.75, 3.05) is 7.11 Å². The Bertz CT molecular complexity index is 384. The molecular weight excluding hydrogens is 194 g/mol. The zero-order chi connectivity index (χ0) is 11.1. The summed E-state index contributed by atoms with van der Waals surface area (Å²) in [7, 11) is 1.40. The number of carbonyl (C=O) groups is 1. The molecule has 0 fully saturated rings. The molecule has 0 saturated heterocycles. The highest BCUT2D eigenvalue weighted by molar-refractivity contribution is 5.76. The van der Waals surface area contributed by atoms with Crippen LogP contribution < -0.4 is 5.32 Å². The van der Waals surface area contributed by atoms with E-state index < -0.39 is 0 Å². The molecule has 0 aromatic carbocycles. The van der Waals surface area contributed by atoms with Gasteiger partial charge in [0.15, 0.2) is 0 Å². The average molecular weight is 209 g/mol. The third-order valence-electron chi connectivity index (χ3n) is 2.74. The molecule has 0 amide bonds. The van der Waals surface area contributed by atoms with E-state index in [1.165, 1.54) is 7.11 Å². The molecule has 0 spiro atoms. The summed E-state index contributed by atoms with van der Waals surface area (Å²) in [5.41, 5.74) is 1.68. The standard InChI is InChI=1S/C10H15N3O2/c1-10(2)8-6(11-5-12-8)4-7(13-10)9(14)15-3/h5,7,13H,4H2,1-3H3,(H,11,12)/t7-/m0/s1. The highest BCUT2D eigenvalue weighted by Gasteiger charge is 2.37. The van der Waals surface area contributed by atoms with Crippen LogP contribution in [0.3, 0.4) is 0 Å². The van der Waals surface area contributed by atoms with Crippen molar-refractivity contribution in [3.8, 4) is 0 Å². The van der Waals surface area contributed by atoms with E-state index >= 15 is 0 Å². The van der Waals surface area contributed by atoms with Crippen LogP contribution in [0.4, 0.5) is 0 Å². The van der Waals surface area contributed by atoms with Gasteiger partial charge in [-0.1, -0.05) is 0 Å². The second-order valence-electron chi connectivity index (χ2n) is 4.28. The van der Waals surface area contributed by atoms with Crippen LogP contribution in [0.1, 0.15) is 25.2 Å². The Balaban J connectivity index is 2.31. The Morgan fingerprint density at radius 1 is 1.67 bits per heavy atom. The third-order valence-corrected chi connectivity index (χ3v) is 2.74. The molecule has 0 aliphatic carbocycles. The predicted molar refractivity (Wildman–Crippen MR) is 54.3 cm³/mol. The van der Waals surface area contributed by atoms with Gasteiger partial charge in [0.05, 0.1) is 24.7 Å². The zero-order valence-corrected chi connectivity index (χ0v) is 9.13. The maximum absolute atomic E-state index is 11.5. The topological polar surface area (TPSA) is 67.0 Å². The van der Waals surface area contributed by atoms with Gasteiger partial charge in [-0.15, -0.1) is 0 Å². The first kappa shape index (κ1) is 10.2. The summed E-state index contributed by atoms with van der Waals surface area (Å²) in [6.45, 7) is 4.00. The minimum Gasteiger partial charge on any atom is -0.468 e. The van der Waals surface area contributed by atoms with Crippen LogP contribution in [0.25, 0.3) is 0 Å². The van der Waals surface area contributed by atoms with E-state index in [1.807, 2.05) is 13.8 Å². The Kier molecular flexibility index (Phi) is 2.26. The molecule has 1 aliphatic rings. The summed E-state index contributed by atoms with van der Waals surface area (Å²) in [5, 5.41) is 3.23. The maximum Gasteiger partial charge on any atom is 0.323 e. The Morgan fingerprint density at radius 2 is 2.40 bits per heavy atom. The van der Waals surface area contributed by atoms with Gasteiger partial charge in [-0.3, -0.25) is 10.1 Å². The molecule has 2 rings (SSSR count). The number of aromatic nitrogens is 2. The van der Waals surface area contributed by atoms with E-state index in [9.17, 15) is 4.79 Å². The molecule has 5 heteroatoms. The number of H-pyrrole nitrogens is 1. The Hall–Kier alpha value is -1.36. The van der Waals surface area contributed by atoms with E-state index in [0.717, 1.165) is 11.4 Å². The lowest BCUT2D eigenvalue weighted by Gasteiger charge is -2.34. The zero-order valence-electron chi connectivity index (χ0n) is 9.13. The number of rotatable bonds is 1. The summed E-state index contributed by atoms with van der Waals surface area (Å²) < 4.78 is 4.74. The molecule has 82 valence electrons. The molecule has 0 saturated carbocycles. The fourth-order valence-corrected chi connectivity index (χ4v) is 2.06. The highest BCUT2D eigenvalue weighted by atomic mass is 16.5. The number of carbonyl (C=O) groups excluding carboxylic acids is 1. The maximum atomic E-state index is 11.5. The summed E-state index contributed by atoms with van der Waals surface area (Å²) in [6, 6.07) is -0.294. The highest BCUT2D eigenvalue weighted by Crippen LogP contribution is 2.27. The Labute approximate surface area is 88.2 Å². The first-order valence-electron chi connectivity index (χ1n) is 4.93. The normalized spacial score (nSPS) is 23.3. The monoisotopic (exact) mass is 209 g/mol. The molecule has 1 atom stereocenters. The second kappa shape index (κ2) is 3.34. The summed E-state index contributed by atoms with van der Waals surface area (Å²) in [4.78, 5) is 18.8. The van der Waals surface area contributed by atoms with Gasteiger partial charge in [0.1, 0.15) is 6.04 Å². The summed E-state index contributed by atoms with van der Waals surface area (Å²) in [6.07, 6.45) is 2.26. The van der Waals surface area contributed by atoms with Crippen molar-refractivity contribution in [2.45, 2.75) is 31.8 Å². The number of fused-ring (bicyclic) bond motifs is 1. The van der Waals surface area contributed by atoms with Crippen molar-refractivity contribution in [3.05, 3.63) is 17.7 Å². The van der Waals surface area contributed by atoms with Gasteiger partial charge in [-0.05, 0) is 13.8 Å². The van der Waals surface area contributed by atoms with Crippen LogP contribution in [-0.2, 0) is 21.5 Å². The van der Waals surface area contributed by atoms with Crippen LogP contribution in [-0.4, -0.2) is 29.1 Å². The second-order valence-corrected chi connectivity index (χ2v) is 4.28. The van der Waals surface area contributed by atoms with Crippen molar-refractivity contribution in [1.29, 1.82) is 0 Å². The van der Waals surface area contributed by atoms with Gasteiger partial charge in [0.25, 0.3) is 0 Å². The van der Waals surface area contributed by atoms with Crippen molar-refractivity contribution in [2.24, 2.45) is 0 Å². The van der Waals surface area contributed by atoms with E-state index in [0.29, 0.717) is 6.42 Å². The molecule has 5 nitrogen and oxygen atoms in total. The number of imidazole rings is 1. The SMILES string of the molecule is COC(=O)[C@@H]1Cc2[nH]cnc2C(C)(C)N1. The molecule has 0 bridgehead atoms. The molecule has 1 aromatic heterocycles. The molecule has 0 unspecified atom stereocenters. The first-order chi connectivity index (χ1) is 7.04. The first-order valence-corrected chi connectivity index (χ1v) is 4.93. The number of methoxy groups -OCH3 is 1. The van der Waals surface area contributed by atoms with Crippen LogP contribution in [0.2, 0.25) is 0 Å². The molecule has 15 heavy (non-hydrogen) atoms. The van der Waals surface area contributed by atoms with Gasteiger partial charge in [-0.25, -0.2) is 4.98 Å². The van der Waals surface area contributed by atoms with Gasteiger partial charge in [0, 0.05) is 12.1 Å². The van der Waals surface area contributed by atoms with E-state index in [4.69, 9.17) is 4.74 Å². The quantitative estimate of drug-likeness (QED) is 0.654. The molecule has 2 heterocycles. The predicted octanol–water partition coefficient (Wildman–Crippen LogP) is 0.332. The van der Waals surface area contributed by atoms with Gasteiger partial charge in [0.2, 0.25) is 0 Å². The van der Waals surface area contributed by atoms with Crippen molar-refractivity contribution in [3.63, 3.8) is 0 Å². The largest absolute Gasteiger partial charge is 0.468 e. The number of nitrogens with zero attached hydrogens (tertiary/aromatic N) is 1. The number of hydrogen-bond donors (Lipinski definition) is 2. The summed E-state index contributed by atoms with van der Waals surface area (Å²) >= 11 is 0. The van der Waals surface area contributed by atoms with Gasteiger partial charge in [-0.2, -0.15) is 0 Å². The van der Waals surface area contributed by atoms with Crippen molar-refractivity contribution in [1.82, 2.24) is 15.3 Å². The lowest BCUT2D eigenvalue weighted by Crippen LogP contribution is -2.53. The van der Waals surface area contributed by atoms with Crippen LogP contribution in [0.15, 0.2) is 6.33 Å². The number of hydrogen-bond acceptors (Lipinski definition) is 4. The average Bonchev–Trinajstić information content (AvgIpc) is 2.64. The van der Waals surface area contributed by atoms with Gasteiger partial charge >= 0.3 is 5.97 Å². The van der Waals surface area contributed by atoms with Crippen LogP contribution in [0.5, 0.6) is 0 Å². The number of aromatic amines is 1. The lowest BCUT2D eigenvalue weighted by molar-refractivity contribution is -0.144. The molecule has 1 aliphatic heterocycles. The minimum absolute atomic E-state index is 0.233. The summed E-state index contributed by atoms with van der Waals surface area (Å²) in [5.74, 6) is -0.233. The van der Waals surface area contributed by atoms with E-state index in [2.05, 4.69) is 15.3 Å². The van der Waals surface area contributed by atoms with E-state index in [1.54, 1.807) is 6.33 Å². The molecular formula is C10H15N3O2. The third kappa shape index (κ3) is 1.63. The van der Waals surface area contributed by atoms with Gasteiger partial charge < -0.3 is 9.72 Å². The molecule has 2 N–H and O–H groups in total. The smallest absolute Gasteiger partial charge is 0.323 e. The lowest BCUT2D eigenvalue weighted by atomic mass is 9.90. The Morgan fingerprint density at radius 3 is 3.07 bits per heavy atom. The number of nitrogens with one attached hydrogen (secondary N) is 2. The van der Waals surface area contributed by atoms with Crippen molar-refractivity contribution < 1.29 is 9.53 Å². The van der Waals surface area contributed by atoms with Crippen LogP contribution >= 0.6 is 0 Å². The fraction of sp³-hybridized carbons (Fsp3) is 0.600. The minimum atomic E-state index is -0.299. The molecule has 1 aromatic rings.